The van der Waals surface area contributed by atoms with Crippen molar-refractivity contribution < 1.29 is 4.74 Å². The van der Waals surface area contributed by atoms with Crippen LogP contribution in [-0.2, 0) is 0 Å². The molecule has 6 heteroatoms. The van der Waals surface area contributed by atoms with Crippen molar-refractivity contribution in [3.63, 3.8) is 0 Å². The van der Waals surface area contributed by atoms with Crippen LogP contribution in [0.1, 0.15) is 18.4 Å². The van der Waals surface area contributed by atoms with Crippen molar-refractivity contribution in [2.75, 3.05) is 20.1 Å². The lowest BCUT2D eigenvalue weighted by atomic mass is 10.1. The molecule has 0 radical (unpaired) electrons. The summed E-state index contributed by atoms with van der Waals surface area (Å²) in [5.74, 6) is 0.571. The molecular formula is C19H21N5O. The van der Waals surface area contributed by atoms with Crippen LogP contribution in [0, 0.1) is 6.92 Å². The Bertz CT molecular complexity index is 890. The molecule has 0 aromatic carbocycles. The van der Waals surface area contributed by atoms with Crippen LogP contribution < -0.4 is 4.74 Å². The van der Waals surface area contributed by atoms with Crippen molar-refractivity contribution in [2.24, 2.45) is 0 Å². The highest BCUT2D eigenvalue weighted by Gasteiger charge is 2.20. The molecule has 3 aromatic rings. The minimum Gasteiger partial charge on any atom is -0.473 e. The standard InChI is InChI=1S/C19H21N5O/c1-13-9-14(11-20-10-13)16-3-4-17-18(23-16)19(22-12-21-17)25-15-5-7-24(2)8-6-15/h3-4,9-12,15H,5-8H2,1-2H3. The molecule has 0 unspecified atom stereocenters. The van der Waals surface area contributed by atoms with Crippen molar-refractivity contribution in [1.29, 1.82) is 0 Å². The second-order valence-corrected chi connectivity index (χ2v) is 6.61. The number of nitrogens with zero attached hydrogens (tertiary/aromatic N) is 5. The molecule has 6 nitrogen and oxygen atoms in total. The van der Waals surface area contributed by atoms with E-state index in [1.54, 1.807) is 6.33 Å². The average Bonchev–Trinajstić information content (AvgIpc) is 2.63. The highest BCUT2D eigenvalue weighted by Crippen LogP contribution is 2.26. The van der Waals surface area contributed by atoms with Crippen LogP contribution in [-0.4, -0.2) is 51.1 Å². The molecule has 0 aliphatic carbocycles. The molecule has 0 saturated carbocycles. The van der Waals surface area contributed by atoms with E-state index in [-0.39, 0.29) is 6.10 Å². The summed E-state index contributed by atoms with van der Waals surface area (Å²) in [5, 5.41) is 0. The molecular weight excluding hydrogens is 314 g/mol. The van der Waals surface area contributed by atoms with E-state index in [4.69, 9.17) is 9.72 Å². The molecule has 0 atom stereocenters. The van der Waals surface area contributed by atoms with Gasteiger partial charge in [-0.2, -0.15) is 4.98 Å². The number of hydrogen-bond donors (Lipinski definition) is 0. The minimum absolute atomic E-state index is 0.181. The van der Waals surface area contributed by atoms with Crippen molar-refractivity contribution in [1.82, 2.24) is 24.8 Å². The molecule has 0 bridgehead atoms. The number of rotatable bonds is 3. The van der Waals surface area contributed by atoms with Crippen molar-refractivity contribution in [3.05, 3.63) is 42.5 Å². The molecule has 128 valence electrons. The Hall–Kier alpha value is -2.60. The van der Waals surface area contributed by atoms with Gasteiger partial charge in [-0.25, -0.2) is 9.97 Å². The quantitative estimate of drug-likeness (QED) is 0.733. The maximum atomic E-state index is 6.18. The van der Waals surface area contributed by atoms with E-state index in [0.29, 0.717) is 11.4 Å². The van der Waals surface area contributed by atoms with Gasteiger partial charge in [-0.15, -0.1) is 0 Å². The summed E-state index contributed by atoms with van der Waals surface area (Å²) in [7, 11) is 2.14. The molecule has 4 rings (SSSR count). The Morgan fingerprint density at radius 1 is 1.12 bits per heavy atom. The van der Waals surface area contributed by atoms with Crippen LogP contribution in [0.2, 0.25) is 0 Å². The number of aryl methyl sites for hydroxylation is 1. The summed E-state index contributed by atoms with van der Waals surface area (Å²) in [5.41, 5.74) is 4.44. The SMILES string of the molecule is Cc1cncc(-c2ccc3ncnc(OC4CCN(C)CC4)c3n2)c1. The van der Waals surface area contributed by atoms with Crippen LogP contribution in [0.4, 0.5) is 0 Å². The van der Waals surface area contributed by atoms with E-state index < -0.39 is 0 Å². The Morgan fingerprint density at radius 2 is 1.96 bits per heavy atom. The highest BCUT2D eigenvalue weighted by molar-refractivity contribution is 5.81. The summed E-state index contributed by atoms with van der Waals surface area (Å²) in [4.78, 5) is 20.0. The maximum Gasteiger partial charge on any atom is 0.244 e. The van der Waals surface area contributed by atoms with Gasteiger partial charge < -0.3 is 9.64 Å². The zero-order valence-electron chi connectivity index (χ0n) is 14.5. The van der Waals surface area contributed by atoms with Gasteiger partial charge >= 0.3 is 0 Å². The number of fused-ring (bicyclic) bond motifs is 1. The number of piperidine rings is 1. The molecule has 1 saturated heterocycles. The molecule has 1 aliphatic heterocycles. The number of likely N-dealkylation sites (tertiary alicyclic amines) is 1. The normalized spacial score (nSPS) is 16.2. The average molecular weight is 335 g/mol. The van der Waals surface area contributed by atoms with Crippen molar-refractivity contribution in [3.8, 4) is 17.1 Å². The van der Waals surface area contributed by atoms with Gasteiger partial charge in [-0.3, -0.25) is 4.98 Å². The Labute approximate surface area is 146 Å². The van der Waals surface area contributed by atoms with Crippen LogP contribution in [0.25, 0.3) is 22.3 Å². The third-order valence-corrected chi connectivity index (χ3v) is 4.56. The predicted octanol–water partition coefficient (Wildman–Crippen LogP) is 2.87. The van der Waals surface area contributed by atoms with Gasteiger partial charge in [-0.05, 0) is 50.6 Å². The lowest BCUT2D eigenvalue weighted by Crippen LogP contribution is -2.35. The van der Waals surface area contributed by atoms with Crippen LogP contribution >= 0.6 is 0 Å². The lowest BCUT2D eigenvalue weighted by Gasteiger charge is -2.29. The first kappa shape index (κ1) is 15.9. The van der Waals surface area contributed by atoms with Gasteiger partial charge in [0, 0.05) is 31.0 Å². The second kappa shape index (κ2) is 6.72. The monoisotopic (exact) mass is 335 g/mol. The van der Waals surface area contributed by atoms with Gasteiger partial charge in [0.15, 0.2) is 5.52 Å². The zero-order valence-corrected chi connectivity index (χ0v) is 14.5. The van der Waals surface area contributed by atoms with Gasteiger partial charge in [0.1, 0.15) is 12.4 Å². The number of ether oxygens (including phenoxy) is 1. The summed E-state index contributed by atoms with van der Waals surface area (Å²) in [6, 6.07) is 6.00. The fourth-order valence-corrected chi connectivity index (χ4v) is 3.12. The third-order valence-electron chi connectivity index (χ3n) is 4.56. The molecule has 0 N–H and O–H groups in total. The summed E-state index contributed by atoms with van der Waals surface area (Å²) < 4.78 is 6.18. The lowest BCUT2D eigenvalue weighted by molar-refractivity contribution is 0.111. The molecule has 1 fully saturated rings. The van der Waals surface area contributed by atoms with Gasteiger partial charge in [-0.1, -0.05) is 0 Å². The highest BCUT2D eigenvalue weighted by atomic mass is 16.5. The maximum absolute atomic E-state index is 6.18. The number of pyridine rings is 2. The number of hydrogen-bond acceptors (Lipinski definition) is 6. The van der Waals surface area contributed by atoms with E-state index in [2.05, 4.69) is 33.0 Å². The van der Waals surface area contributed by atoms with E-state index in [9.17, 15) is 0 Å². The van der Waals surface area contributed by atoms with E-state index >= 15 is 0 Å². The minimum atomic E-state index is 0.181. The van der Waals surface area contributed by atoms with Gasteiger partial charge in [0.05, 0.1) is 11.2 Å². The zero-order chi connectivity index (χ0) is 17.2. The van der Waals surface area contributed by atoms with E-state index in [1.807, 2.05) is 31.5 Å². The number of aromatic nitrogens is 4. The largest absolute Gasteiger partial charge is 0.473 e. The fourth-order valence-electron chi connectivity index (χ4n) is 3.12. The first-order valence-corrected chi connectivity index (χ1v) is 8.58. The molecule has 0 amide bonds. The predicted molar refractivity (Wildman–Crippen MR) is 96.4 cm³/mol. The molecule has 4 heterocycles. The Balaban J connectivity index is 1.68. The van der Waals surface area contributed by atoms with E-state index in [0.717, 1.165) is 48.3 Å². The molecule has 1 aliphatic rings. The fraction of sp³-hybridized carbons (Fsp3) is 0.368. The smallest absolute Gasteiger partial charge is 0.244 e. The summed E-state index contributed by atoms with van der Waals surface area (Å²) >= 11 is 0. The summed E-state index contributed by atoms with van der Waals surface area (Å²) in [6.45, 7) is 4.11. The summed E-state index contributed by atoms with van der Waals surface area (Å²) in [6.07, 6.45) is 7.39. The van der Waals surface area contributed by atoms with Crippen molar-refractivity contribution >= 4 is 11.0 Å². The molecule has 3 aromatic heterocycles. The van der Waals surface area contributed by atoms with Crippen LogP contribution in [0.15, 0.2) is 36.9 Å². The van der Waals surface area contributed by atoms with E-state index in [1.165, 1.54) is 0 Å². The van der Waals surface area contributed by atoms with Crippen LogP contribution in [0.5, 0.6) is 5.88 Å². The van der Waals surface area contributed by atoms with Gasteiger partial charge in [0.2, 0.25) is 5.88 Å². The van der Waals surface area contributed by atoms with Gasteiger partial charge in [0.25, 0.3) is 0 Å². The Morgan fingerprint density at radius 3 is 2.76 bits per heavy atom. The molecule has 25 heavy (non-hydrogen) atoms. The molecule has 0 spiro atoms. The second-order valence-electron chi connectivity index (χ2n) is 6.61. The van der Waals surface area contributed by atoms with Crippen LogP contribution in [0.3, 0.4) is 0 Å². The first-order valence-electron chi connectivity index (χ1n) is 8.58. The third kappa shape index (κ3) is 3.44. The topological polar surface area (TPSA) is 64.0 Å². The first-order chi connectivity index (χ1) is 12.2. The Kier molecular flexibility index (Phi) is 4.28. The van der Waals surface area contributed by atoms with Crippen molar-refractivity contribution in [2.45, 2.75) is 25.9 Å².